The Labute approximate surface area is 131 Å². The number of hydrogen-bond donors (Lipinski definition) is 1. The van der Waals surface area contributed by atoms with Gasteiger partial charge < -0.3 is 9.73 Å². The molecule has 23 heavy (non-hydrogen) atoms. The first-order valence-electron chi connectivity index (χ1n) is 7.14. The maximum absolute atomic E-state index is 13.6. The van der Waals surface area contributed by atoms with E-state index in [1.54, 1.807) is 50.2 Å². The average molecular weight is 314 g/mol. The molecule has 6 heteroatoms. The van der Waals surface area contributed by atoms with E-state index >= 15 is 0 Å². The normalized spacial score (nSPS) is 12.3. The van der Waals surface area contributed by atoms with Crippen LogP contribution in [0.1, 0.15) is 18.5 Å². The summed E-state index contributed by atoms with van der Waals surface area (Å²) in [6.45, 7) is 3.23. The molecular formula is C17H15FN2O3. The van der Waals surface area contributed by atoms with E-state index in [0.29, 0.717) is 22.4 Å². The van der Waals surface area contributed by atoms with Crippen molar-refractivity contribution in [3.8, 4) is 0 Å². The summed E-state index contributed by atoms with van der Waals surface area (Å²) in [6.07, 6.45) is 0. The molecule has 1 aromatic heterocycles. The summed E-state index contributed by atoms with van der Waals surface area (Å²) < 4.78 is 20.0. The number of oxazole rings is 1. The van der Waals surface area contributed by atoms with Gasteiger partial charge in [-0.15, -0.1) is 0 Å². The number of nitrogens with zero attached hydrogens (tertiary/aromatic N) is 1. The van der Waals surface area contributed by atoms with Gasteiger partial charge in [-0.3, -0.25) is 9.36 Å². The number of anilines is 1. The summed E-state index contributed by atoms with van der Waals surface area (Å²) in [6, 6.07) is 10.5. The largest absolute Gasteiger partial charge is 0.420 e. The number of aryl methyl sites for hydroxylation is 1. The Bertz CT molecular complexity index is 942. The van der Waals surface area contributed by atoms with Crippen LogP contribution in [-0.2, 0) is 4.79 Å². The monoisotopic (exact) mass is 314 g/mol. The van der Waals surface area contributed by atoms with Crippen LogP contribution in [0.4, 0.5) is 10.1 Å². The molecule has 5 nitrogen and oxygen atoms in total. The minimum Gasteiger partial charge on any atom is -0.408 e. The lowest BCUT2D eigenvalue weighted by molar-refractivity contribution is -0.118. The fourth-order valence-electron chi connectivity index (χ4n) is 2.39. The molecular weight excluding hydrogens is 299 g/mol. The fourth-order valence-corrected chi connectivity index (χ4v) is 2.39. The van der Waals surface area contributed by atoms with Crippen LogP contribution >= 0.6 is 0 Å². The molecule has 1 heterocycles. The number of carbonyl (C=O) groups is 1. The highest BCUT2D eigenvalue weighted by Gasteiger charge is 2.21. The summed E-state index contributed by atoms with van der Waals surface area (Å²) >= 11 is 0. The van der Waals surface area contributed by atoms with E-state index in [1.807, 2.05) is 0 Å². The van der Waals surface area contributed by atoms with Crippen LogP contribution in [0.3, 0.4) is 0 Å². The molecule has 3 rings (SSSR count). The highest BCUT2D eigenvalue weighted by atomic mass is 19.1. The van der Waals surface area contributed by atoms with Gasteiger partial charge in [0.05, 0.1) is 5.52 Å². The number of halogens is 1. The predicted octanol–water partition coefficient (Wildman–Crippen LogP) is 3.24. The summed E-state index contributed by atoms with van der Waals surface area (Å²) in [5, 5.41) is 2.61. The zero-order valence-electron chi connectivity index (χ0n) is 12.7. The van der Waals surface area contributed by atoms with Crippen LogP contribution in [0.25, 0.3) is 11.1 Å². The van der Waals surface area contributed by atoms with Crippen molar-refractivity contribution < 1.29 is 13.6 Å². The zero-order chi connectivity index (χ0) is 16.6. The van der Waals surface area contributed by atoms with Crippen molar-refractivity contribution in [3.05, 3.63) is 64.4 Å². The second-order valence-electron chi connectivity index (χ2n) is 5.33. The maximum atomic E-state index is 13.6. The van der Waals surface area contributed by atoms with Gasteiger partial charge >= 0.3 is 5.76 Å². The lowest BCUT2D eigenvalue weighted by Crippen LogP contribution is -2.29. The summed E-state index contributed by atoms with van der Waals surface area (Å²) in [4.78, 5) is 24.4. The molecule has 0 spiro atoms. The van der Waals surface area contributed by atoms with E-state index in [-0.39, 0.29) is 0 Å². The van der Waals surface area contributed by atoms with Gasteiger partial charge in [0.2, 0.25) is 5.91 Å². The van der Waals surface area contributed by atoms with Crippen molar-refractivity contribution in [3.63, 3.8) is 0 Å². The molecule has 0 aliphatic heterocycles. The fraction of sp³-hybridized carbons (Fsp3) is 0.176. The van der Waals surface area contributed by atoms with Gasteiger partial charge in [-0.25, -0.2) is 9.18 Å². The Kier molecular flexibility index (Phi) is 3.73. The van der Waals surface area contributed by atoms with E-state index < -0.39 is 23.5 Å². The third-order valence-corrected chi connectivity index (χ3v) is 3.72. The Morgan fingerprint density at radius 3 is 2.74 bits per heavy atom. The Morgan fingerprint density at radius 2 is 2.00 bits per heavy atom. The van der Waals surface area contributed by atoms with E-state index in [9.17, 15) is 14.0 Å². The minimum absolute atomic E-state index is 0.339. The van der Waals surface area contributed by atoms with Crippen LogP contribution in [0, 0.1) is 12.7 Å². The topological polar surface area (TPSA) is 64.2 Å². The van der Waals surface area contributed by atoms with Gasteiger partial charge in [-0.05, 0) is 43.7 Å². The smallest absolute Gasteiger partial charge is 0.408 e. The molecule has 0 fully saturated rings. The first-order chi connectivity index (χ1) is 11.0. The van der Waals surface area contributed by atoms with Crippen molar-refractivity contribution in [1.29, 1.82) is 0 Å². The molecule has 118 valence electrons. The molecule has 0 radical (unpaired) electrons. The molecule has 0 unspecified atom stereocenters. The van der Waals surface area contributed by atoms with Crippen LogP contribution < -0.4 is 11.1 Å². The second kappa shape index (κ2) is 5.72. The van der Waals surface area contributed by atoms with Crippen LogP contribution in [-0.4, -0.2) is 10.5 Å². The molecule has 1 atom stereocenters. The summed E-state index contributed by atoms with van der Waals surface area (Å²) in [5.74, 6) is -1.44. The van der Waals surface area contributed by atoms with E-state index in [4.69, 9.17) is 4.42 Å². The van der Waals surface area contributed by atoms with Gasteiger partial charge in [0.15, 0.2) is 5.58 Å². The molecule has 1 N–H and O–H groups in total. The van der Waals surface area contributed by atoms with Crippen molar-refractivity contribution in [2.75, 3.05) is 5.32 Å². The van der Waals surface area contributed by atoms with E-state index in [2.05, 4.69) is 5.32 Å². The van der Waals surface area contributed by atoms with Crippen LogP contribution in [0.15, 0.2) is 51.7 Å². The summed E-state index contributed by atoms with van der Waals surface area (Å²) in [5.41, 5.74) is 1.78. The zero-order valence-corrected chi connectivity index (χ0v) is 12.7. The highest BCUT2D eigenvalue weighted by Crippen LogP contribution is 2.19. The number of benzene rings is 2. The lowest BCUT2D eigenvalue weighted by atomic mass is 10.2. The van der Waals surface area contributed by atoms with Crippen molar-refractivity contribution in [2.24, 2.45) is 0 Å². The van der Waals surface area contributed by atoms with Crippen LogP contribution in [0.2, 0.25) is 0 Å². The van der Waals surface area contributed by atoms with Crippen LogP contribution in [0.5, 0.6) is 0 Å². The van der Waals surface area contributed by atoms with E-state index in [1.165, 1.54) is 10.6 Å². The SMILES string of the molecule is Cc1ccc(NC(=O)[C@H](C)n2c(=O)oc3ccccc32)cc1F. The van der Waals surface area contributed by atoms with Crippen molar-refractivity contribution in [2.45, 2.75) is 19.9 Å². The summed E-state index contributed by atoms with van der Waals surface area (Å²) in [7, 11) is 0. The molecule has 2 aromatic carbocycles. The number of aromatic nitrogens is 1. The standard InChI is InChI=1S/C17H15FN2O3/c1-10-7-8-12(9-13(10)18)19-16(21)11(2)20-14-5-3-4-6-15(14)23-17(20)22/h3-9,11H,1-2H3,(H,19,21)/t11-/m0/s1. The number of amides is 1. The van der Waals surface area contributed by atoms with Gasteiger partial charge in [0, 0.05) is 5.69 Å². The molecule has 0 saturated heterocycles. The van der Waals surface area contributed by atoms with Gasteiger partial charge in [-0.1, -0.05) is 18.2 Å². The number of nitrogens with one attached hydrogen (secondary N) is 1. The number of carbonyl (C=O) groups excluding carboxylic acids is 1. The second-order valence-corrected chi connectivity index (χ2v) is 5.33. The Morgan fingerprint density at radius 1 is 1.26 bits per heavy atom. The molecule has 3 aromatic rings. The molecule has 0 aliphatic carbocycles. The third-order valence-electron chi connectivity index (χ3n) is 3.72. The Hall–Kier alpha value is -2.89. The predicted molar refractivity (Wildman–Crippen MR) is 85.0 cm³/mol. The first-order valence-corrected chi connectivity index (χ1v) is 7.14. The highest BCUT2D eigenvalue weighted by molar-refractivity contribution is 5.94. The molecule has 1 amide bonds. The number of rotatable bonds is 3. The molecule has 0 saturated carbocycles. The quantitative estimate of drug-likeness (QED) is 0.807. The maximum Gasteiger partial charge on any atom is 0.420 e. The third kappa shape index (κ3) is 2.75. The lowest BCUT2D eigenvalue weighted by Gasteiger charge is -2.13. The first kappa shape index (κ1) is 15.0. The van der Waals surface area contributed by atoms with Crippen molar-refractivity contribution in [1.82, 2.24) is 4.57 Å². The van der Waals surface area contributed by atoms with Gasteiger partial charge in [0.1, 0.15) is 11.9 Å². The number of para-hydroxylation sites is 2. The molecule has 0 bridgehead atoms. The van der Waals surface area contributed by atoms with Gasteiger partial charge in [-0.2, -0.15) is 0 Å². The van der Waals surface area contributed by atoms with E-state index in [0.717, 1.165) is 0 Å². The Balaban J connectivity index is 1.91. The van der Waals surface area contributed by atoms with Gasteiger partial charge in [0.25, 0.3) is 0 Å². The number of hydrogen-bond acceptors (Lipinski definition) is 3. The number of fused-ring (bicyclic) bond motifs is 1. The average Bonchev–Trinajstić information content (AvgIpc) is 2.86. The minimum atomic E-state index is -0.796. The van der Waals surface area contributed by atoms with Crippen molar-refractivity contribution >= 4 is 22.7 Å². The molecule has 0 aliphatic rings.